The van der Waals surface area contributed by atoms with E-state index in [9.17, 15) is 0 Å². The average molecular weight is 154 g/mol. The molecule has 1 aromatic rings. The van der Waals surface area contributed by atoms with E-state index in [1.165, 1.54) is 0 Å². The molecule has 1 N–H and O–H groups in total. The molecule has 1 rings (SSSR count). The van der Waals surface area contributed by atoms with E-state index in [1.54, 1.807) is 6.26 Å². The largest absolute Gasteiger partial charge is 0.468 e. The molecule has 11 heavy (non-hydrogen) atoms. The van der Waals surface area contributed by atoms with Gasteiger partial charge in [-0.25, -0.2) is 0 Å². The zero-order valence-electron chi connectivity index (χ0n) is 7.22. The summed E-state index contributed by atoms with van der Waals surface area (Å²) in [6.45, 7) is 6.01. The van der Waals surface area contributed by atoms with E-state index in [0.717, 1.165) is 11.3 Å². The van der Waals surface area contributed by atoms with Gasteiger partial charge in [-0.2, -0.15) is 0 Å². The van der Waals surface area contributed by atoms with Crippen LogP contribution >= 0.6 is 0 Å². The molecule has 0 saturated carbocycles. The molecule has 62 valence electrons. The topological polar surface area (TPSA) is 33.4 Å². The summed E-state index contributed by atoms with van der Waals surface area (Å²) in [6, 6.07) is 1.91. The van der Waals surface area contributed by atoms with Crippen LogP contribution < -0.4 is 0 Å². The van der Waals surface area contributed by atoms with Crippen molar-refractivity contribution in [2.75, 3.05) is 6.61 Å². The first-order chi connectivity index (χ1) is 5.08. The molecule has 0 radical (unpaired) electrons. The lowest BCUT2D eigenvalue weighted by atomic mass is 9.89. The highest BCUT2D eigenvalue weighted by Gasteiger charge is 2.24. The van der Waals surface area contributed by atoms with Gasteiger partial charge in [-0.15, -0.1) is 0 Å². The molecule has 0 fully saturated rings. The molecule has 0 saturated heterocycles. The van der Waals surface area contributed by atoms with Crippen molar-refractivity contribution in [2.45, 2.75) is 26.2 Å². The molecule has 0 aliphatic carbocycles. The Labute approximate surface area is 66.8 Å². The Hall–Kier alpha value is -0.760. The predicted molar refractivity (Wildman–Crippen MR) is 43.6 cm³/mol. The highest BCUT2D eigenvalue weighted by molar-refractivity contribution is 5.22. The second-order valence-corrected chi connectivity index (χ2v) is 3.47. The maximum atomic E-state index is 9.03. The lowest BCUT2D eigenvalue weighted by molar-refractivity contribution is 0.196. The molecule has 0 bridgehead atoms. The van der Waals surface area contributed by atoms with E-state index in [2.05, 4.69) is 0 Å². The fourth-order valence-corrected chi connectivity index (χ4v) is 1.14. The molecule has 0 aromatic carbocycles. The standard InChI is InChI=1S/C9H14O2/c1-7-4-5-11-8(7)9(2,3)6-10/h4-5,10H,6H2,1-3H3. The van der Waals surface area contributed by atoms with Gasteiger partial charge in [0.1, 0.15) is 5.76 Å². The number of hydrogen-bond donors (Lipinski definition) is 1. The van der Waals surface area contributed by atoms with Crippen LogP contribution in [0.2, 0.25) is 0 Å². The molecule has 2 heteroatoms. The van der Waals surface area contributed by atoms with Crippen molar-refractivity contribution in [3.63, 3.8) is 0 Å². The number of rotatable bonds is 2. The maximum Gasteiger partial charge on any atom is 0.114 e. The Morgan fingerprint density at radius 3 is 2.55 bits per heavy atom. The average Bonchev–Trinajstić information content (AvgIpc) is 2.36. The van der Waals surface area contributed by atoms with Crippen LogP contribution in [-0.4, -0.2) is 11.7 Å². The summed E-state index contributed by atoms with van der Waals surface area (Å²) in [5.74, 6) is 0.875. The zero-order valence-corrected chi connectivity index (χ0v) is 7.22. The van der Waals surface area contributed by atoms with Crippen molar-refractivity contribution in [1.82, 2.24) is 0 Å². The molecular weight excluding hydrogens is 140 g/mol. The first-order valence-electron chi connectivity index (χ1n) is 3.73. The van der Waals surface area contributed by atoms with Crippen LogP contribution in [0.15, 0.2) is 16.7 Å². The van der Waals surface area contributed by atoms with Crippen molar-refractivity contribution in [1.29, 1.82) is 0 Å². The molecule has 0 amide bonds. The van der Waals surface area contributed by atoms with Gasteiger partial charge in [0, 0.05) is 5.41 Å². The van der Waals surface area contributed by atoms with E-state index >= 15 is 0 Å². The third-order valence-electron chi connectivity index (χ3n) is 1.87. The first kappa shape index (κ1) is 8.34. The molecular formula is C9H14O2. The number of aliphatic hydroxyl groups is 1. The second kappa shape index (κ2) is 2.70. The van der Waals surface area contributed by atoms with Crippen molar-refractivity contribution in [3.05, 3.63) is 23.7 Å². The van der Waals surface area contributed by atoms with Crippen LogP contribution in [0.1, 0.15) is 25.2 Å². The minimum Gasteiger partial charge on any atom is -0.468 e. The lowest BCUT2D eigenvalue weighted by Gasteiger charge is -2.19. The predicted octanol–water partition coefficient (Wildman–Crippen LogP) is 1.86. The van der Waals surface area contributed by atoms with Gasteiger partial charge in [0.15, 0.2) is 0 Å². The van der Waals surface area contributed by atoms with Gasteiger partial charge < -0.3 is 9.52 Å². The summed E-state index contributed by atoms with van der Waals surface area (Å²) in [6.07, 6.45) is 1.65. The Balaban J connectivity index is 3.00. The Bertz CT molecular complexity index is 235. The zero-order chi connectivity index (χ0) is 8.48. The van der Waals surface area contributed by atoms with Crippen molar-refractivity contribution < 1.29 is 9.52 Å². The van der Waals surface area contributed by atoms with Gasteiger partial charge in [-0.05, 0) is 18.6 Å². The highest BCUT2D eigenvalue weighted by Crippen LogP contribution is 2.25. The van der Waals surface area contributed by atoms with Crippen LogP contribution in [-0.2, 0) is 5.41 Å². The van der Waals surface area contributed by atoms with E-state index in [0.29, 0.717) is 0 Å². The van der Waals surface area contributed by atoms with Gasteiger partial charge in [0.05, 0.1) is 12.9 Å². The number of hydrogen-bond acceptors (Lipinski definition) is 2. The quantitative estimate of drug-likeness (QED) is 0.705. The SMILES string of the molecule is Cc1ccoc1C(C)(C)CO. The smallest absolute Gasteiger partial charge is 0.114 e. The Morgan fingerprint density at radius 2 is 2.18 bits per heavy atom. The monoisotopic (exact) mass is 154 g/mol. The van der Waals surface area contributed by atoms with Gasteiger partial charge in [0.2, 0.25) is 0 Å². The van der Waals surface area contributed by atoms with Crippen molar-refractivity contribution in [2.24, 2.45) is 0 Å². The lowest BCUT2D eigenvalue weighted by Crippen LogP contribution is -2.22. The highest BCUT2D eigenvalue weighted by atomic mass is 16.3. The number of furan rings is 1. The summed E-state index contributed by atoms with van der Waals surface area (Å²) < 4.78 is 5.26. The van der Waals surface area contributed by atoms with Gasteiger partial charge in [-0.3, -0.25) is 0 Å². The molecule has 0 unspecified atom stereocenters. The minimum atomic E-state index is -0.256. The van der Waals surface area contributed by atoms with Gasteiger partial charge in [0.25, 0.3) is 0 Å². The van der Waals surface area contributed by atoms with Gasteiger partial charge in [-0.1, -0.05) is 13.8 Å². The summed E-state index contributed by atoms with van der Waals surface area (Å²) in [4.78, 5) is 0. The number of aliphatic hydroxyl groups excluding tert-OH is 1. The van der Waals surface area contributed by atoms with Crippen LogP contribution in [0.3, 0.4) is 0 Å². The van der Waals surface area contributed by atoms with E-state index < -0.39 is 0 Å². The third kappa shape index (κ3) is 1.46. The Morgan fingerprint density at radius 1 is 1.55 bits per heavy atom. The molecule has 1 aromatic heterocycles. The van der Waals surface area contributed by atoms with Crippen LogP contribution in [0.5, 0.6) is 0 Å². The molecule has 1 heterocycles. The first-order valence-corrected chi connectivity index (χ1v) is 3.73. The summed E-state index contributed by atoms with van der Waals surface area (Å²) in [5, 5.41) is 9.03. The Kier molecular flexibility index (Phi) is 2.05. The van der Waals surface area contributed by atoms with Crippen LogP contribution in [0, 0.1) is 6.92 Å². The normalized spacial score (nSPS) is 12.0. The molecule has 0 spiro atoms. The van der Waals surface area contributed by atoms with E-state index in [4.69, 9.17) is 9.52 Å². The number of aryl methyl sites for hydroxylation is 1. The molecule has 0 atom stereocenters. The molecule has 0 aliphatic heterocycles. The second-order valence-electron chi connectivity index (χ2n) is 3.47. The van der Waals surface area contributed by atoms with Crippen LogP contribution in [0.4, 0.5) is 0 Å². The van der Waals surface area contributed by atoms with Gasteiger partial charge >= 0.3 is 0 Å². The van der Waals surface area contributed by atoms with E-state index in [1.807, 2.05) is 26.8 Å². The molecule has 0 aliphatic rings. The van der Waals surface area contributed by atoms with Crippen molar-refractivity contribution in [3.8, 4) is 0 Å². The van der Waals surface area contributed by atoms with Crippen LogP contribution in [0.25, 0.3) is 0 Å². The summed E-state index contributed by atoms with van der Waals surface area (Å²) in [7, 11) is 0. The third-order valence-corrected chi connectivity index (χ3v) is 1.87. The fraction of sp³-hybridized carbons (Fsp3) is 0.556. The fourth-order valence-electron chi connectivity index (χ4n) is 1.14. The molecule has 2 nitrogen and oxygen atoms in total. The van der Waals surface area contributed by atoms with E-state index in [-0.39, 0.29) is 12.0 Å². The van der Waals surface area contributed by atoms with Crippen molar-refractivity contribution >= 4 is 0 Å². The summed E-state index contributed by atoms with van der Waals surface area (Å²) >= 11 is 0. The maximum absolute atomic E-state index is 9.03. The minimum absolute atomic E-state index is 0.112. The summed E-state index contributed by atoms with van der Waals surface area (Å²) in [5.41, 5.74) is 0.845.